The van der Waals surface area contributed by atoms with Gasteiger partial charge in [0.25, 0.3) is 5.91 Å². The van der Waals surface area contributed by atoms with E-state index < -0.39 is 17.9 Å². The van der Waals surface area contributed by atoms with Crippen molar-refractivity contribution in [2.75, 3.05) is 26.9 Å². The molecule has 1 aliphatic heterocycles. The van der Waals surface area contributed by atoms with Gasteiger partial charge in [0.05, 0.1) is 35.1 Å². The van der Waals surface area contributed by atoms with Crippen LogP contribution in [-0.2, 0) is 14.3 Å². The summed E-state index contributed by atoms with van der Waals surface area (Å²) in [5.41, 5.74) is 4.74. The number of amides is 1. The summed E-state index contributed by atoms with van der Waals surface area (Å²) >= 11 is 7.44. The van der Waals surface area contributed by atoms with Crippen LogP contribution in [0.4, 0.5) is 0 Å². The Morgan fingerprint density at radius 3 is 2.72 bits per heavy atom. The summed E-state index contributed by atoms with van der Waals surface area (Å²) in [5, 5.41) is 10.4. The van der Waals surface area contributed by atoms with Crippen molar-refractivity contribution >= 4 is 58.0 Å². The van der Waals surface area contributed by atoms with E-state index in [4.69, 9.17) is 31.2 Å². The second-order valence-corrected chi connectivity index (χ2v) is 9.61. The zero-order chi connectivity index (χ0) is 28.4. The van der Waals surface area contributed by atoms with Gasteiger partial charge >= 0.3 is 5.97 Å². The number of nitrogens with zero attached hydrogens (tertiary/aromatic N) is 1. The van der Waals surface area contributed by atoms with E-state index in [1.807, 2.05) is 6.07 Å². The number of carbonyl (C=O) groups is 2. The monoisotopic (exact) mass is 664 g/mol. The number of carbonyl (C=O) groups excluding carboxylic acids is 2. The molecule has 3 N–H and O–H groups in total. The van der Waals surface area contributed by atoms with Gasteiger partial charge in [0.15, 0.2) is 23.2 Å². The molecule has 0 radical (unpaired) electrons. The number of hydrazone groups is 1. The molecule has 0 unspecified atom stereocenters. The molecule has 0 aromatic heterocycles. The summed E-state index contributed by atoms with van der Waals surface area (Å²) in [4.78, 5) is 25.2. The number of esters is 1. The van der Waals surface area contributed by atoms with Gasteiger partial charge in [0.1, 0.15) is 12.4 Å². The molecule has 0 fully saturated rings. The molecule has 0 saturated carbocycles. The fourth-order valence-corrected chi connectivity index (χ4v) is 4.76. The standard InChI is InChI=1S/C27H29IN4O6S/c1-5-11-37-25-19(28)12-17(13-21(25)35-4)14-29-32-22(33)15-38-20-10-8-7-9-18(20)24-23(26(34)36-6-2)16(3)30-27(39)31-24/h5,7-10,12-14,24H,1,6,11,15H2,2-4H3,(H,32,33)(H2,30,31,39)/t24-/m0/s1. The summed E-state index contributed by atoms with van der Waals surface area (Å²) in [6, 6.07) is 10.0. The number of benzene rings is 2. The fraction of sp³-hybridized carbons (Fsp3) is 0.259. The predicted octanol–water partition coefficient (Wildman–Crippen LogP) is 3.75. The van der Waals surface area contributed by atoms with Crippen LogP contribution in [0.5, 0.6) is 17.2 Å². The van der Waals surface area contributed by atoms with E-state index in [0.29, 0.717) is 51.4 Å². The normalized spacial score (nSPS) is 14.8. The molecule has 1 aliphatic rings. The molecule has 0 saturated heterocycles. The summed E-state index contributed by atoms with van der Waals surface area (Å²) in [6.07, 6.45) is 3.14. The first-order valence-corrected chi connectivity index (χ1v) is 13.4. The van der Waals surface area contributed by atoms with Gasteiger partial charge in [-0.3, -0.25) is 4.79 Å². The average Bonchev–Trinajstić information content (AvgIpc) is 2.90. The molecule has 10 nitrogen and oxygen atoms in total. The van der Waals surface area contributed by atoms with Crippen molar-refractivity contribution in [2.45, 2.75) is 19.9 Å². The first-order valence-electron chi connectivity index (χ1n) is 11.9. The van der Waals surface area contributed by atoms with Crippen LogP contribution in [0.25, 0.3) is 0 Å². The van der Waals surface area contributed by atoms with Crippen molar-refractivity contribution in [1.82, 2.24) is 16.1 Å². The molecule has 206 valence electrons. The highest BCUT2D eigenvalue weighted by atomic mass is 127. The van der Waals surface area contributed by atoms with E-state index in [1.54, 1.807) is 57.4 Å². The second-order valence-electron chi connectivity index (χ2n) is 8.04. The third kappa shape index (κ3) is 7.93. The Labute approximate surface area is 245 Å². The van der Waals surface area contributed by atoms with E-state index in [2.05, 4.69) is 50.3 Å². The molecule has 1 amide bonds. The first-order chi connectivity index (χ1) is 18.8. The third-order valence-corrected chi connectivity index (χ3v) is 6.37. The van der Waals surface area contributed by atoms with Crippen LogP contribution in [0.15, 0.2) is 65.4 Å². The predicted molar refractivity (Wildman–Crippen MR) is 160 cm³/mol. The van der Waals surface area contributed by atoms with Crippen LogP contribution in [0, 0.1) is 3.57 Å². The van der Waals surface area contributed by atoms with Gasteiger partial charge in [0.2, 0.25) is 0 Å². The molecule has 39 heavy (non-hydrogen) atoms. The fourth-order valence-electron chi connectivity index (χ4n) is 3.71. The molecule has 0 aliphatic carbocycles. The zero-order valence-corrected chi connectivity index (χ0v) is 24.7. The SMILES string of the molecule is C=CCOc1c(I)cc(C=NNC(=O)COc2ccccc2[C@@H]2NC(=S)NC(C)=C2C(=O)OCC)cc1OC. The molecule has 1 heterocycles. The van der Waals surface area contributed by atoms with E-state index in [1.165, 1.54) is 6.21 Å². The minimum absolute atomic E-state index is 0.227. The van der Waals surface area contributed by atoms with Crippen LogP contribution in [0.1, 0.15) is 31.0 Å². The van der Waals surface area contributed by atoms with Crippen LogP contribution in [-0.4, -0.2) is 50.1 Å². The third-order valence-electron chi connectivity index (χ3n) is 5.35. The number of ether oxygens (including phenoxy) is 4. The lowest BCUT2D eigenvalue weighted by atomic mass is 9.95. The number of hydrogen-bond donors (Lipinski definition) is 3. The Kier molecular flexibility index (Phi) is 11.1. The van der Waals surface area contributed by atoms with E-state index >= 15 is 0 Å². The molecular formula is C27H29IN4O6S. The molecule has 0 spiro atoms. The Bertz CT molecular complexity index is 1310. The van der Waals surface area contributed by atoms with Crippen molar-refractivity contribution in [3.63, 3.8) is 0 Å². The Morgan fingerprint density at radius 1 is 1.23 bits per heavy atom. The van der Waals surface area contributed by atoms with Crippen LogP contribution in [0.3, 0.4) is 0 Å². The molecule has 12 heteroatoms. The van der Waals surface area contributed by atoms with Crippen LogP contribution in [0.2, 0.25) is 0 Å². The van der Waals surface area contributed by atoms with Crippen LogP contribution >= 0.6 is 34.8 Å². The lowest BCUT2D eigenvalue weighted by molar-refractivity contribution is -0.139. The molecule has 0 bridgehead atoms. The summed E-state index contributed by atoms with van der Waals surface area (Å²) in [5.74, 6) is 0.596. The maximum atomic E-state index is 12.7. The first kappa shape index (κ1) is 29.9. The summed E-state index contributed by atoms with van der Waals surface area (Å²) < 4.78 is 22.9. The van der Waals surface area contributed by atoms with Crippen molar-refractivity contribution in [2.24, 2.45) is 5.10 Å². The number of allylic oxidation sites excluding steroid dienone is 1. The molecule has 1 atom stereocenters. The average molecular weight is 665 g/mol. The van der Waals surface area contributed by atoms with Gasteiger partial charge in [-0.25, -0.2) is 10.2 Å². The number of halogens is 1. The van der Waals surface area contributed by atoms with Crippen LogP contribution < -0.4 is 30.3 Å². The van der Waals surface area contributed by atoms with Gasteiger partial charge in [-0.1, -0.05) is 30.9 Å². The number of para-hydroxylation sites is 1. The smallest absolute Gasteiger partial charge is 0.338 e. The van der Waals surface area contributed by atoms with Gasteiger partial charge in [-0.2, -0.15) is 5.10 Å². The quantitative estimate of drug-likeness (QED) is 0.0779. The van der Waals surface area contributed by atoms with Gasteiger partial charge < -0.3 is 29.6 Å². The lowest BCUT2D eigenvalue weighted by Crippen LogP contribution is -2.45. The molecular weight excluding hydrogens is 635 g/mol. The summed E-state index contributed by atoms with van der Waals surface area (Å²) in [6.45, 7) is 7.40. The second kappa shape index (κ2) is 14.5. The number of nitrogens with one attached hydrogen (secondary N) is 3. The van der Waals surface area contributed by atoms with Crippen molar-refractivity contribution in [3.05, 3.63) is 75.0 Å². The zero-order valence-electron chi connectivity index (χ0n) is 21.7. The summed E-state index contributed by atoms with van der Waals surface area (Å²) in [7, 11) is 1.55. The van der Waals surface area contributed by atoms with Crippen molar-refractivity contribution in [1.29, 1.82) is 0 Å². The number of methoxy groups -OCH3 is 1. The molecule has 2 aromatic carbocycles. The van der Waals surface area contributed by atoms with E-state index in [0.717, 1.165) is 3.57 Å². The minimum Gasteiger partial charge on any atom is -0.493 e. The Balaban J connectivity index is 1.69. The van der Waals surface area contributed by atoms with Gasteiger partial charge in [0, 0.05) is 11.3 Å². The van der Waals surface area contributed by atoms with Gasteiger partial charge in [-0.05, 0) is 72.4 Å². The van der Waals surface area contributed by atoms with E-state index in [-0.39, 0.29) is 13.2 Å². The highest BCUT2D eigenvalue weighted by molar-refractivity contribution is 14.1. The largest absolute Gasteiger partial charge is 0.493 e. The number of hydrogen-bond acceptors (Lipinski definition) is 8. The molecule has 2 aromatic rings. The molecule has 3 rings (SSSR count). The Morgan fingerprint density at radius 2 is 2.00 bits per heavy atom. The Hall–Kier alpha value is -3.65. The van der Waals surface area contributed by atoms with E-state index in [9.17, 15) is 9.59 Å². The highest BCUT2D eigenvalue weighted by Crippen LogP contribution is 2.34. The number of rotatable bonds is 12. The topological polar surface area (TPSA) is 120 Å². The lowest BCUT2D eigenvalue weighted by Gasteiger charge is -2.30. The van der Waals surface area contributed by atoms with Gasteiger partial charge in [-0.15, -0.1) is 0 Å². The van der Waals surface area contributed by atoms with Crippen molar-refractivity contribution < 1.29 is 28.5 Å². The maximum Gasteiger partial charge on any atom is 0.338 e. The minimum atomic E-state index is -0.619. The maximum absolute atomic E-state index is 12.7. The highest BCUT2D eigenvalue weighted by Gasteiger charge is 2.32. The van der Waals surface area contributed by atoms with Crippen molar-refractivity contribution in [3.8, 4) is 17.2 Å². The number of thiocarbonyl (C=S) groups is 1.